The fourth-order valence-corrected chi connectivity index (χ4v) is 5.03. The zero-order chi connectivity index (χ0) is 30.1. The van der Waals surface area contributed by atoms with Crippen LogP contribution in [0.2, 0.25) is 0 Å². The lowest BCUT2D eigenvalue weighted by Gasteiger charge is -2.19. The van der Waals surface area contributed by atoms with Crippen molar-refractivity contribution in [3.63, 3.8) is 0 Å². The standard InChI is InChI=1S/C34H38N2O6/c1-34(2,3)42-33(40)35-19-11-14-24(37)21-36-30(20-23-12-5-4-6-13-23)31(38)32(39)41-22-29-27-17-9-7-15-25(27)26-16-8-10-18-28(26)29/h4-10,12-13,15-18,29-30,36H,11,14,19-22H2,1-3H3,(H,35,40)/t30-/m0/s1. The Morgan fingerprint density at radius 3 is 2.05 bits per heavy atom. The average Bonchev–Trinajstić information content (AvgIpc) is 3.29. The molecule has 0 saturated carbocycles. The fraction of sp³-hybridized carbons (Fsp3) is 0.353. The third-order valence-electron chi connectivity index (χ3n) is 6.99. The summed E-state index contributed by atoms with van der Waals surface area (Å²) in [6.45, 7) is 5.56. The zero-order valence-corrected chi connectivity index (χ0v) is 24.4. The highest BCUT2D eigenvalue weighted by Crippen LogP contribution is 2.44. The van der Waals surface area contributed by atoms with Crippen molar-refractivity contribution in [2.24, 2.45) is 0 Å². The van der Waals surface area contributed by atoms with Gasteiger partial charge in [0.1, 0.15) is 18.0 Å². The van der Waals surface area contributed by atoms with E-state index in [2.05, 4.69) is 10.6 Å². The Morgan fingerprint density at radius 2 is 1.43 bits per heavy atom. The van der Waals surface area contributed by atoms with E-state index in [0.717, 1.165) is 27.8 Å². The van der Waals surface area contributed by atoms with Crippen molar-refractivity contribution in [2.45, 2.75) is 57.6 Å². The number of esters is 1. The number of carbonyl (C=O) groups excluding carboxylic acids is 4. The number of ketones is 2. The summed E-state index contributed by atoms with van der Waals surface area (Å²) in [5.41, 5.74) is 4.57. The van der Waals surface area contributed by atoms with E-state index in [1.54, 1.807) is 20.8 Å². The quantitative estimate of drug-likeness (QED) is 0.169. The number of rotatable bonds is 13. The molecule has 0 unspecified atom stereocenters. The Kier molecular flexibility index (Phi) is 10.3. The maximum absolute atomic E-state index is 13.3. The first-order valence-electron chi connectivity index (χ1n) is 14.3. The van der Waals surface area contributed by atoms with E-state index in [-0.39, 0.29) is 44.2 Å². The van der Waals surface area contributed by atoms with Crippen LogP contribution in [0.3, 0.4) is 0 Å². The summed E-state index contributed by atoms with van der Waals surface area (Å²) in [6, 6.07) is 24.4. The van der Waals surface area contributed by atoms with Gasteiger partial charge in [-0.3, -0.25) is 14.9 Å². The molecule has 0 heterocycles. The lowest BCUT2D eigenvalue weighted by atomic mass is 9.98. The van der Waals surface area contributed by atoms with E-state index in [9.17, 15) is 19.2 Å². The van der Waals surface area contributed by atoms with E-state index in [1.165, 1.54) is 0 Å². The van der Waals surface area contributed by atoms with Crippen LogP contribution in [0.15, 0.2) is 78.9 Å². The van der Waals surface area contributed by atoms with Crippen LogP contribution in [-0.2, 0) is 30.3 Å². The topological polar surface area (TPSA) is 111 Å². The predicted octanol–water partition coefficient (Wildman–Crippen LogP) is 4.99. The lowest BCUT2D eigenvalue weighted by Crippen LogP contribution is -2.45. The van der Waals surface area contributed by atoms with Gasteiger partial charge in [0.25, 0.3) is 5.78 Å². The molecule has 4 rings (SSSR count). The number of benzene rings is 3. The van der Waals surface area contributed by atoms with Crippen molar-refractivity contribution in [2.75, 3.05) is 19.7 Å². The number of nitrogens with one attached hydrogen (secondary N) is 2. The molecule has 0 saturated heterocycles. The molecular weight excluding hydrogens is 532 g/mol. The first-order chi connectivity index (χ1) is 20.1. The summed E-state index contributed by atoms with van der Waals surface area (Å²) < 4.78 is 10.8. The van der Waals surface area contributed by atoms with Crippen molar-refractivity contribution in [3.8, 4) is 11.1 Å². The van der Waals surface area contributed by atoms with Gasteiger partial charge in [0.2, 0.25) is 0 Å². The van der Waals surface area contributed by atoms with Crippen LogP contribution in [0, 0.1) is 0 Å². The van der Waals surface area contributed by atoms with Crippen LogP contribution in [-0.4, -0.2) is 55.0 Å². The van der Waals surface area contributed by atoms with E-state index >= 15 is 0 Å². The molecule has 0 spiro atoms. The van der Waals surface area contributed by atoms with Gasteiger partial charge in [0.05, 0.1) is 12.6 Å². The molecule has 0 radical (unpaired) electrons. The summed E-state index contributed by atoms with van der Waals surface area (Å²) >= 11 is 0. The number of Topliss-reactive ketones (excluding diaryl/α,β-unsaturated/α-hetero) is 2. The minimum atomic E-state index is -0.931. The van der Waals surface area contributed by atoms with Crippen molar-refractivity contribution in [3.05, 3.63) is 95.6 Å². The van der Waals surface area contributed by atoms with Crippen molar-refractivity contribution in [1.82, 2.24) is 10.6 Å². The summed E-state index contributed by atoms with van der Waals surface area (Å²) in [7, 11) is 0. The molecule has 0 aliphatic heterocycles. The van der Waals surface area contributed by atoms with E-state index in [4.69, 9.17) is 9.47 Å². The summed E-state index contributed by atoms with van der Waals surface area (Å²) in [4.78, 5) is 50.7. The van der Waals surface area contributed by atoms with Gasteiger partial charge < -0.3 is 14.8 Å². The van der Waals surface area contributed by atoms with E-state index in [0.29, 0.717) is 6.42 Å². The molecular formula is C34H38N2O6. The third-order valence-corrected chi connectivity index (χ3v) is 6.99. The predicted molar refractivity (Wildman–Crippen MR) is 160 cm³/mol. The van der Waals surface area contributed by atoms with Crippen LogP contribution in [0.1, 0.15) is 56.2 Å². The number of fused-ring (bicyclic) bond motifs is 3. The average molecular weight is 571 g/mol. The Morgan fingerprint density at radius 1 is 0.833 bits per heavy atom. The molecule has 0 bridgehead atoms. The molecule has 2 N–H and O–H groups in total. The molecule has 42 heavy (non-hydrogen) atoms. The highest BCUT2D eigenvalue weighted by Gasteiger charge is 2.32. The van der Waals surface area contributed by atoms with Gasteiger partial charge in [-0.2, -0.15) is 0 Å². The van der Waals surface area contributed by atoms with Gasteiger partial charge in [-0.05, 0) is 61.4 Å². The number of hydrogen-bond donors (Lipinski definition) is 2. The van der Waals surface area contributed by atoms with Crippen molar-refractivity contribution in [1.29, 1.82) is 0 Å². The Bertz CT molecular complexity index is 1370. The van der Waals surface area contributed by atoms with Gasteiger partial charge in [0.15, 0.2) is 0 Å². The summed E-state index contributed by atoms with van der Waals surface area (Å²) in [5, 5.41) is 5.60. The van der Waals surface area contributed by atoms with Crippen LogP contribution < -0.4 is 10.6 Å². The molecule has 8 nitrogen and oxygen atoms in total. The van der Waals surface area contributed by atoms with Gasteiger partial charge in [0, 0.05) is 18.9 Å². The number of hydrogen-bond acceptors (Lipinski definition) is 7. The molecule has 3 aromatic rings. The highest BCUT2D eigenvalue weighted by atomic mass is 16.6. The van der Waals surface area contributed by atoms with Gasteiger partial charge in [-0.25, -0.2) is 9.59 Å². The van der Waals surface area contributed by atoms with Gasteiger partial charge >= 0.3 is 12.1 Å². The number of amides is 1. The summed E-state index contributed by atoms with van der Waals surface area (Å²) in [5.74, 6) is -1.96. The Labute approximate surface area is 246 Å². The molecule has 0 aromatic heterocycles. The van der Waals surface area contributed by atoms with Crippen molar-refractivity contribution >= 4 is 23.6 Å². The molecule has 1 aliphatic carbocycles. The minimum Gasteiger partial charge on any atom is -0.459 e. The first kappa shape index (κ1) is 30.7. The third kappa shape index (κ3) is 8.36. The lowest BCUT2D eigenvalue weighted by molar-refractivity contribution is -0.155. The normalized spacial score (nSPS) is 13.0. The van der Waals surface area contributed by atoms with Crippen LogP contribution in [0.5, 0.6) is 0 Å². The minimum absolute atomic E-state index is 0.0419. The fourth-order valence-electron chi connectivity index (χ4n) is 5.03. The molecule has 0 fully saturated rings. The SMILES string of the molecule is CC(C)(C)OC(=O)NCCCC(=O)CN[C@@H](Cc1ccccc1)C(=O)C(=O)OCC1c2ccccc2-c2ccccc21. The van der Waals surface area contributed by atoms with Gasteiger partial charge in [-0.1, -0.05) is 78.9 Å². The summed E-state index contributed by atoms with van der Waals surface area (Å²) in [6.07, 6.45) is 0.311. The smallest absolute Gasteiger partial charge is 0.407 e. The first-order valence-corrected chi connectivity index (χ1v) is 14.3. The van der Waals surface area contributed by atoms with Crippen LogP contribution in [0.25, 0.3) is 11.1 Å². The second-order valence-corrected chi connectivity index (χ2v) is 11.4. The molecule has 220 valence electrons. The van der Waals surface area contributed by atoms with Crippen molar-refractivity contribution < 1.29 is 28.7 Å². The molecule has 8 heteroatoms. The maximum atomic E-state index is 13.3. The van der Waals surface area contributed by atoms with E-state index < -0.39 is 29.5 Å². The molecule has 1 aliphatic rings. The Hall–Kier alpha value is -4.30. The van der Waals surface area contributed by atoms with E-state index in [1.807, 2.05) is 78.9 Å². The molecule has 1 atom stereocenters. The Balaban J connectivity index is 1.33. The number of ether oxygens (including phenoxy) is 2. The zero-order valence-electron chi connectivity index (χ0n) is 24.4. The largest absolute Gasteiger partial charge is 0.459 e. The van der Waals surface area contributed by atoms with Gasteiger partial charge in [-0.15, -0.1) is 0 Å². The monoisotopic (exact) mass is 570 g/mol. The molecule has 1 amide bonds. The highest BCUT2D eigenvalue weighted by molar-refractivity contribution is 6.35. The van der Waals surface area contributed by atoms with Crippen LogP contribution >= 0.6 is 0 Å². The molecule has 3 aromatic carbocycles. The maximum Gasteiger partial charge on any atom is 0.407 e. The second-order valence-electron chi connectivity index (χ2n) is 11.4. The second kappa shape index (κ2) is 14.0. The van der Waals surface area contributed by atoms with Crippen LogP contribution in [0.4, 0.5) is 4.79 Å². The number of carbonyl (C=O) groups is 4. The number of alkyl carbamates (subject to hydrolysis) is 1.